The molecule has 1 aromatic carbocycles. The second-order valence-corrected chi connectivity index (χ2v) is 5.66. The molecule has 112 valence electrons. The van der Waals surface area contributed by atoms with E-state index >= 15 is 0 Å². The van der Waals surface area contributed by atoms with Crippen molar-refractivity contribution in [1.82, 2.24) is 15.3 Å². The molecule has 0 amide bonds. The average molecular weight is 285 g/mol. The molecule has 1 N–H and O–H groups in total. The van der Waals surface area contributed by atoms with E-state index in [1.807, 2.05) is 44.3 Å². The van der Waals surface area contributed by atoms with Crippen LogP contribution in [0, 0.1) is 19.8 Å². The van der Waals surface area contributed by atoms with Crippen molar-refractivity contribution in [2.45, 2.75) is 34.2 Å². The number of ether oxygens (including phenoxy) is 1. The molecule has 0 radical (unpaired) electrons. The Balaban J connectivity index is 2.03. The van der Waals surface area contributed by atoms with Gasteiger partial charge in [-0.25, -0.2) is 4.98 Å². The van der Waals surface area contributed by atoms with Crippen molar-refractivity contribution in [2.75, 3.05) is 6.54 Å². The Labute approximate surface area is 126 Å². The number of nitrogens with zero attached hydrogens (tertiary/aromatic N) is 2. The number of aromatic nitrogens is 2. The molecule has 4 heteroatoms. The summed E-state index contributed by atoms with van der Waals surface area (Å²) in [5.41, 5.74) is 3.12. The van der Waals surface area contributed by atoms with Gasteiger partial charge in [-0.3, -0.25) is 0 Å². The van der Waals surface area contributed by atoms with E-state index in [0.29, 0.717) is 11.9 Å². The number of hydrogen-bond acceptors (Lipinski definition) is 4. The number of para-hydroxylation sites is 1. The van der Waals surface area contributed by atoms with Crippen LogP contribution >= 0.6 is 0 Å². The Morgan fingerprint density at radius 1 is 1.19 bits per heavy atom. The Morgan fingerprint density at radius 2 is 1.95 bits per heavy atom. The fraction of sp³-hybridized carbons (Fsp3) is 0.412. The summed E-state index contributed by atoms with van der Waals surface area (Å²) in [6, 6.07) is 8.25. The molecule has 2 rings (SSSR count). The number of aryl methyl sites for hydroxylation is 2. The van der Waals surface area contributed by atoms with Crippen molar-refractivity contribution in [2.24, 2.45) is 5.92 Å². The maximum atomic E-state index is 5.75. The van der Waals surface area contributed by atoms with Crippen LogP contribution in [0.15, 0.2) is 30.5 Å². The highest BCUT2D eigenvalue weighted by Crippen LogP contribution is 2.22. The number of nitrogens with one attached hydrogen (secondary N) is 1. The Kier molecular flexibility index (Phi) is 5.28. The Morgan fingerprint density at radius 3 is 2.62 bits per heavy atom. The van der Waals surface area contributed by atoms with Crippen molar-refractivity contribution in [1.29, 1.82) is 0 Å². The maximum absolute atomic E-state index is 5.75. The molecule has 0 spiro atoms. The monoisotopic (exact) mass is 285 g/mol. The highest BCUT2D eigenvalue weighted by atomic mass is 16.5. The van der Waals surface area contributed by atoms with Crippen LogP contribution in [0.4, 0.5) is 0 Å². The molecule has 0 fully saturated rings. The van der Waals surface area contributed by atoms with E-state index in [0.717, 1.165) is 35.7 Å². The predicted octanol–water partition coefficient (Wildman–Crippen LogP) is 3.63. The number of benzene rings is 1. The lowest BCUT2D eigenvalue weighted by molar-refractivity contribution is 0.435. The van der Waals surface area contributed by atoms with Gasteiger partial charge in [-0.05, 0) is 37.9 Å². The van der Waals surface area contributed by atoms with E-state index < -0.39 is 0 Å². The van der Waals surface area contributed by atoms with Crippen LogP contribution in [0.1, 0.15) is 30.7 Å². The molecule has 4 nitrogen and oxygen atoms in total. The van der Waals surface area contributed by atoms with Crippen molar-refractivity contribution in [3.63, 3.8) is 0 Å². The van der Waals surface area contributed by atoms with Gasteiger partial charge in [0, 0.05) is 24.0 Å². The largest absolute Gasteiger partial charge is 0.424 e. The van der Waals surface area contributed by atoms with Crippen LogP contribution in [0.3, 0.4) is 0 Å². The summed E-state index contributed by atoms with van der Waals surface area (Å²) in [6.45, 7) is 10.1. The van der Waals surface area contributed by atoms with Crippen LogP contribution in [0.2, 0.25) is 0 Å². The summed E-state index contributed by atoms with van der Waals surface area (Å²) in [7, 11) is 0. The third-order valence-corrected chi connectivity index (χ3v) is 3.22. The van der Waals surface area contributed by atoms with Gasteiger partial charge in [0.1, 0.15) is 5.75 Å². The van der Waals surface area contributed by atoms with Crippen LogP contribution < -0.4 is 10.1 Å². The average Bonchev–Trinajstić information content (AvgIpc) is 2.43. The fourth-order valence-corrected chi connectivity index (χ4v) is 1.96. The standard InChI is InChI=1S/C17H23N3O/c1-12(2)9-18-10-15-11-19-17(20-14(15)4)21-16-8-6-5-7-13(16)3/h5-8,11-12,18H,9-10H2,1-4H3. The van der Waals surface area contributed by atoms with Crippen LogP contribution in [-0.4, -0.2) is 16.5 Å². The van der Waals surface area contributed by atoms with E-state index in [1.54, 1.807) is 0 Å². The molecule has 1 heterocycles. The fourth-order valence-electron chi connectivity index (χ4n) is 1.96. The molecule has 0 aliphatic heterocycles. The van der Waals surface area contributed by atoms with Gasteiger partial charge in [-0.2, -0.15) is 4.98 Å². The van der Waals surface area contributed by atoms with Gasteiger partial charge in [0.25, 0.3) is 0 Å². The molecule has 0 atom stereocenters. The molecular formula is C17H23N3O. The molecule has 0 aliphatic carbocycles. The molecule has 0 aliphatic rings. The summed E-state index contributed by atoms with van der Waals surface area (Å²) in [5, 5.41) is 3.40. The van der Waals surface area contributed by atoms with Gasteiger partial charge in [-0.15, -0.1) is 0 Å². The van der Waals surface area contributed by atoms with Gasteiger partial charge in [0.2, 0.25) is 0 Å². The predicted molar refractivity (Wildman–Crippen MR) is 84.6 cm³/mol. The molecule has 0 saturated carbocycles. The zero-order chi connectivity index (χ0) is 15.2. The lowest BCUT2D eigenvalue weighted by atomic mass is 10.2. The zero-order valence-electron chi connectivity index (χ0n) is 13.2. The SMILES string of the molecule is Cc1ccccc1Oc1ncc(CNCC(C)C)c(C)n1. The van der Waals surface area contributed by atoms with Crippen molar-refractivity contribution >= 4 is 0 Å². The van der Waals surface area contributed by atoms with E-state index in [1.165, 1.54) is 0 Å². The maximum Gasteiger partial charge on any atom is 0.322 e. The number of hydrogen-bond donors (Lipinski definition) is 1. The number of rotatable bonds is 6. The lowest BCUT2D eigenvalue weighted by Gasteiger charge is -2.11. The lowest BCUT2D eigenvalue weighted by Crippen LogP contribution is -2.20. The first-order chi connectivity index (χ1) is 10.1. The van der Waals surface area contributed by atoms with Crippen LogP contribution in [0.25, 0.3) is 0 Å². The molecular weight excluding hydrogens is 262 g/mol. The van der Waals surface area contributed by atoms with Crippen molar-refractivity contribution < 1.29 is 4.74 Å². The Bertz CT molecular complexity index is 596. The molecule has 0 unspecified atom stereocenters. The zero-order valence-corrected chi connectivity index (χ0v) is 13.2. The molecule has 0 bridgehead atoms. The first-order valence-electron chi connectivity index (χ1n) is 7.33. The minimum atomic E-state index is 0.398. The first kappa shape index (κ1) is 15.4. The van der Waals surface area contributed by atoms with Gasteiger partial charge in [0.15, 0.2) is 0 Å². The van der Waals surface area contributed by atoms with Gasteiger partial charge in [0.05, 0.1) is 0 Å². The topological polar surface area (TPSA) is 47.0 Å². The smallest absolute Gasteiger partial charge is 0.322 e. The van der Waals surface area contributed by atoms with Crippen LogP contribution in [0.5, 0.6) is 11.8 Å². The molecule has 0 saturated heterocycles. The second kappa shape index (κ2) is 7.18. The molecule has 21 heavy (non-hydrogen) atoms. The summed E-state index contributed by atoms with van der Waals surface area (Å²) in [5.74, 6) is 1.43. The quantitative estimate of drug-likeness (QED) is 0.880. The Hall–Kier alpha value is -1.94. The summed E-state index contributed by atoms with van der Waals surface area (Å²) >= 11 is 0. The highest BCUT2D eigenvalue weighted by molar-refractivity contribution is 5.34. The van der Waals surface area contributed by atoms with Crippen molar-refractivity contribution in [3.8, 4) is 11.8 Å². The highest BCUT2D eigenvalue weighted by Gasteiger charge is 2.07. The van der Waals surface area contributed by atoms with E-state index in [9.17, 15) is 0 Å². The van der Waals surface area contributed by atoms with Crippen molar-refractivity contribution in [3.05, 3.63) is 47.3 Å². The van der Waals surface area contributed by atoms with E-state index in [4.69, 9.17) is 4.74 Å². The van der Waals surface area contributed by atoms with Gasteiger partial charge >= 0.3 is 6.01 Å². The second-order valence-electron chi connectivity index (χ2n) is 5.66. The normalized spacial score (nSPS) is 10.9. The van der Waals surface area contributed by atoms with Gasteiger partial charge < -0.3 is 10.1 Å². The minimum absolute atomic E-state index is 0.398. The molecule has 2 aromatic rings. The third kappa shape index (κ3) is 4.53. The third-order valence-electron chi connectivity index (χ3n) is 3.22. The summed E-state index contributed by atoms with van der Waals surface area (Å²) < 4.78 is 5.75. The summed E-state index contributed by atoms with van der Waals surface area (Å²) in [6.07, 6.45) is 1.84. The first-order valence-corrected chi connectivity index (χ1v) is 7.33. The van der Waals surface area contributed by atoms with E-state index in [2.05, 4.69) is 29.1 Å². The summed E-state index contributed by atoms with van der Waals surface area (Å²) in [4.78, 5) is 8.73. The van der Waals surface area contributed by atoms with E-state index in [-0.39, 0.29) is 0 Å². The van der Waals surface area contributed by atoms with Crippen LogP contribution in [-0.2, 0) is 6.54 Å². The molecule has 1 aromatic heterocycles. The van der Waals surface area contributed by atoms with Gasteiger partial charge in [-0.1, -0.05) is 32.0 Å². The minimum Gasteiger partial charge on any atom is -0.424 e.